The maximum atomic E-state index is 12.0. The second-order valence-electron chi connectivity index (χ2n) is 5.50. The highest BCUT2D eigenvalue weighted by atomic mass is 16.5. The summed E-state index contributed by atoms with van der Waals surface area (Å²) in [7, 11) is 1.60. The average molecular weight is 329 g/mol. The topological polar surface area (TPSA) is 92.7 Å². The molecule has 1 fully saturated rings. The molecule has 1 saturated heterocycles. The number of pyridine rings is 1. The van der Waals surface area contributed by atoms with Gasteiger partial charge in [-0.25, -0.2) is 4.98 Å². The van der Waals surface area contributed by atoms with Crippen molar-refractivity contribution in [1.82, 2.24) is 10.3 Å². The lowest BCUT2D eigenvalue weighted by Gasteiger charge is -2.11. The Labute approximate surface area is 139 Å². The molecule has 1 aromatic carbocycles. The highest BCUT2D eigenvalue weighted by molar-refractivity contribution is 5.94. The van der Waals surface area contributed by atoms with Crippen molar-refractivity contribution in [3.63, 3.8) is 0 Å². The lowest BCUT2D eigenvalue weighted by Crippen LogP contribution is -2.35. The van der Waals surface area contributed by atoms with Crippen molar-refractivity contribution >= 4 is 11.6 Å². The van der Waals surface area contributed by atoms with Crippen LogP contribution in [-0.4, -0.2) is 41.8 Å². The quantitative estimate of drug-likeness (QED) is 0.771. The number of nitrogens with one attached hydrogen (secondary N) is 2. The lowest BCUT2D eigenvalue weighted by molar-refractivity contribution is -0.117. The fraction of sp³-hybridized carbons (Fsp3) is 0.294. The van der Waals surface area contributed by atoms with Crippen molar-refractivity contribution in [1.29, 1.82) is 0 Å². The van der Waals surface area contributed by atoms with Crippen LogP contribution < -0.4 is 20.1 Å². The fourth-order valence-electron chi connectivity index (χ4n) is 2.43. The first-order valence-corrected chi connectivity index (χ1v) is 7.64. The van der Waals surface area contributed by atoms with Crippen LogP contribution in [0.5, 0.6) is 17.4 Å². The number of aliphatic hydroxyl groups excluding tert-OH is 1. The number of β-amino-alcohol motifs (C(OH)–C–C–N with tert-alkyl or cyclic N) is 1. The number of aliphatic hydroxyl groups is 1. The molecule has 0 spiro atoms. The zero-order valence-corrected chi connectivity index (χ0v) is 13.2. The molecule has 3 N–H and O–H groups in total. The number of methoxy groups -OCH3 is 1. The van der Waals surface area contributed by atoms with Crippen LogP contribution in [0.1, 0.15) is 6.42 Å². The molecule has 0 saturated carbocycles. The minimum Gasteiger partial charge on any atom is -0.497 e. The molecular formula is C17H19N3O4. The number of carbonyl (C=O) groups is 1. The van der Waals surface area contributed by atoms with Crippen molar-refractivity contribution in [3.05, 3.63) is 42.6 Å². The summed E-state index contributed by atoms with van der Waals surface area (Å²) in [5, 5.41) is 15.2. The van der Waals surface area contributed by atoms with Crippen LogP contribution in [-0.2, 0) is 4.79 Å². The van der Waals surface area contributed by atoms with Crippen LogP contribution in [0, 0.1) is 0 Å². The van der Waals surface area contributed by atoms with E-state index in [2.05, 4.69) is 15.6 Å². The number of rotatable bonds is 5. The molecule has 2 aromatic rings. The van der Waals surface area contributed by atoms with Gasteiger partial charge in [0.1, 0.15) is 11.5 Å². The highest BCUT2D eigenvalue weighted by Gasteiger charge is 2.27. The number of amides is 1. The van der Waals surface area contributed by atoms with Gasteiger partial charge in [-0.05, 0) is 36.8 Å². The number of anilines is 1. The van der Waals surface area contributed by atoms with Crippen LogP contribution >= 0.6 is 0 Å². The molecule has 0 bridgehead atoms. The smallest absolute Gasteiger partial charge is 0.241 e. The summed E-state index contributed by atoms with van der Waals surface area (Å²) in [4.78, 5) is 16.2. The fourth-order valence-corrected chi connectivity index (χ4v) is 2.43. The Hall–Kier alpha value is -2.64. The van der Waals surface area contributed by atoms with Crippen LogP contribution in [0.25, 0.3) is 0 Å². The summed E-state index contributed by atoms with van der Waals surface area (Å²) in [5.41, 5.74) is 0.574. The van der Waals surface area contributed by atoms with Gasteiger partial charge in [-0.1, -0.05) is 0 Å². The molecule has 2 atom stereocenters. The Morgan fingerprint density at radius 1 is 1.25 bits per heavy atom. The minimum atomic E-state index is -0.473. The van der Waals surface area contributed by atoms with E-state index in [1.165, 1.54) is 6.20 Å². The Morgan fingerprint density at radius 3 is 2.58 bits per heavy atom. The molecule has 1 aliphatic heterocycles. The largest absolute Gasteiger partial charge is 0.497 e. The molecule has 3 rings (SSSR count). The SMILES string of the molecule is COc1ccc(Oc2ccc(NC(=O)C3CC(O)CN3)cn2)cc1. The third-order valence-electron chi connectivity index (χ3n) is 3.71. The monoisotopic (exact) mass is 329 g/mol. The van der Waals surface area contributed by atoms with E-state index in [0.29, 0.717) is 30.3 Å². The van der Waals surface area contributed by atoms with E-state index in [-0.39, 0.29) is 11.9 Å². The van der Waals surface area contributed by atoms with E-state index in [4.69, 9.17) is 9.47 Å². The number of hydrogen-bond acceptors (Lipinski definition) is 6. The van der Waals surface area contributed by atoms with E-state index in [9.17, 15) is 9.90 Å². The lowest BCUT2D eigenvalue weighted by atomic mass is 10.2. The number of ether oxygens (including phenoxy) is 2. The van der Waals surface area contributed by atoms with Crippen molar-refractivity contribution < 1.29 is 19.4 Å². The predicted molar refractivity (Wildman–Crippen MR) is 88.3 cm³/mol. The maximum Gasteiger partial charge on any atom is 0.241 e. The molecule has 2 heterocycles. The molecule has 7 nitrogen and oxygen atoms in total. The molecule has 0 aliphatic carbocycles. The van der Waals surface area contributed by atoms with E-state index in [0.717, 1.165) is 5.75 Å². The molecule has 1 aliphatic rings. The standard InChI is InChI=1S/C17H19N3O4/c1-23-13-3-5-14(6-4-13)24-16-7-2-11(9-19-16)20-17(22)15-8-12(21)10-18-15/h2-7,9,12,15,18,21H,8,10H2,1H3,(H,20,22). The normalized spacial score (nSPS) is 19.8. The third kappa shape index (κ3) is 4.01. The van der Waals surface area contributed by atoms with Gasteiger partial charge in [0, 0.05) is 12.6 Å². The van der Waals surface area contributed by atoms with Crippen molar-refractivity contribution in [2.24, 2.45) is 0 Å². The van der Waals surface area contributed by atoms with E-state index < -0.39 is 6.10 Å². The van der Waals surface area contributed by atoms with Crippen molar-refractivity contribution in [2.45, 2.75) is 18.6 Å². The Balaban J connectivity index is 1.57. The molecule has 2 unspecified atom stereocenters. The summed E-state index contributed by atoms with van der Waals surface area (Å²) in [6.45, 7) is 0.435. The molecule has 7 heteroatoms. The molecule has 1 aromatic heterocycles. The summed E-state index contributed by atoms with van der Waals surface area (Å²) in [5.74, 6) is 1.63. The van der Waals surface area contributed by atoms with Gasteiger partial charge in [0.25, 0.3) is 0 Å². The molecule has 126 valence electrons. The minimum absolute atomic E-state index is 0.183. The van der Waals surface area contributed by atoms with E-state index in [1.54, 1.807) is 43.5 Å². The summed E-state index contributed by atoms with van der Waals surface area (Å²) >= 11 is 0. The predicted octanol–water partition coefficient (Wildman–Crippen LogP) is 1.54. The average Bonchev–Trinajstić information content (AvgIpc) is 3.04. The van der Waals surface area contributed by atoms with Gasteiger partial charge in [0.2, 0.25) is 11.8 Å². The van der Waals surface area contributed by atoms with Crippen LogP contribution in [0.15, 0.2) is 42.6 Å². The first kappa shape index (κ1) is 16.2. The van der Waals surface area contributed by atoms with Crippen LogP contribution in [0.4, 0.5) is 5.69 Å². The first-order chi connectivity index (χ1) is 11.6. The van der Waals surface area contributed by atoms with E-state index >= 15 is 0 Å². The van der Waals surface area contributed by atoms with Crippen LogP contribution in [0.2, 0.25) is 0 Å². The number of aromatic nitrogens is 1. The van der Waals surface area contributed by atoms with Gasteiger partial charge in [-0.15, -0.1) is 0 Å². The highest BCUT2D eigenvalue weighted by Crippen LogP contribution is 2.23. The maximum absolute atomic E-state index is 12.0. The van der Waals surface area contributed by atoms with Gasteiger partial charge in [-0.3, -0.25) is 4.79 Å². The van der Waals surface area contributed by atoms with Crippen molar-refractivity contribution in [2.75, 3.05) is 19.0 Å². The second-order valence-corrected chi connectivity index (χ2v) is 5.50. The molecule has 0 radical (unpaired) electrons. The van der Waals surface area contributed by atoms with Gasteiger partial charge in [0.15, 0.2) is 0 Å². The summed E-state index contributed by atoms with van der Waals surface area (Å²) < 4.78 is 10.7. The van der Waals surface area contributed by atoms with Gasteiger partial charge >= 0.3 is 0 Å². The number of carbonyl (C=O) groups excluding carboxylic acids is 1. The van der Waals surface area contributed by atoms with E-state index in [1.807, 2.05) is 0 Å². The number of hydrogen-bond donors (Lipinski definition) is 3. The Morgan fingerprint density at radius 2 is 2.00 bits per heavy atom. The Kier molecular flexibility index (Phi) is 4.93. The van der Waals surface area contributed by atoms with Gasteiger partial charge in [0.05, 0.1) is 31.1 Å². The zero-order chi connectivity index (χ0) is 16.9. The molecule has 1 amide bonds. The van der Waals surface area contributed by atoms with Crippen LogP contribution in [0.3, 0.4) is 0 Å². The third-order valence-corrected chi connectivity index (χ3v) is 3.71. The second kappa shape index (κ2) is 7.29. The van der Waals surface area contributed by atoms with Crippen molar-refractivity contribution in [3.8, 4) is 17.4 Å². The molecular weight excluding hydrogens is 310 g/mol. The zero-order valence-electron chi connectivity index (χ0n) is 13.2. The Bertz CT molecular complexity index is 688. The number of nitrogens with zero attached hydrogens (tertiary/aromatic N) is 1. The summed E-state index contributed by atoms with van der Waals surface area (Å²) in [6, 6.07) is 10.2. The summed E-state index contributed by atoms with van der Waals surface area (Å²) in [6.07, 6.45) is 1.47. The number of benzene rings is 1. The van der Waals surface area contributed by atoms with Gasteiger partial charge in [-0.2, -0.15) is 0 Å². The first-order valence-electron chi connectivity index (χ1n) is 7.64. The van der Waals surface area contributed by atoms with Gasteiger partial charge < -0.3 is 25.2 Å². The molecule has 24 heavy (non-hydrogen) atoms.